The molecule has 0 fully saturated rings. The molecule has 0 aliphatic rings. The van der Waals surface area contributed by atoms with Crippen LogP contribution in [-0.2, 0) is 6.54 Å². The van der Waals surface area contributed by atoms with E-state index in [1.165, 1.54) is 10.6 Å². The van der Waals surface area contributed by atoms with E-state index in [1.54, 1.807) is 18.3 Å². The lowest BCUT2D eigenvalue weighted by Gasteiger charge is -2.02. The highest BCUT2D eigenvalue weighted by molar-refractivity contribution is 5.77. The number of hydrogen-bond donors (Lipinski definition) is 1. The lowest BCUT2D eigenvalue weighted by atomic mass is 10.2. The molecule has 0 saturated carbocycles. The van der Waals surface area contributed by atoms with E-state index in [4.69, 9.17) is 10.2 Å². The Balaban J connectivity index is 2.16. The fourth-order valence-electron chi connectivity index (χ4n) is 1.90. The Morgan fingerprint density at radius 3 is 2.95 bits per heavy atom. The summed E-state index contributed by atoms with van der Waals surface area (Å²) in [6.07, 6.45) is 1.64. The van der Waals surface area contributed by atoms with Crippen molar-refractivity contribution >= 4 is 16.8 Å². The normalized spacial score (nSPS) is 11.0. The van der Waals surface area contributed by atoms with E-state index in [1.807, 2.05) is 6.07 Å². The first kappa shape index (κ1) is 11.5. The number of halogens is 1. The summed E-state index contributed by atoms with van der Waals surface area (Å²) in [7, 11) is 0. The lowest BCUT2D eigenvalue weighted by molar-refractivity contribution is 0.514. The second-order valence-corrected chi connectivity index (χ2v) is 4.12. The Kier molecular flexibility index (Phi) is 2.56. The Morgan fingerprint density at radius 2 is 2.21 bits per heavy atom. The summed E-state index contributed by atoms with van der Waals surface area (Å²) >= 11 is 0. The van der Waals surface area contributed by atoms with Crippen LogP contribution in [0.15, 0.2) is 45.7 Å². The van der Waals surface area contributed by atoms with Gasteiger partial charge < -0.3 is 10.2 Å². The minimum Gasteiger partial charge on any atom is -0.408 e. The summed E-state index contributed by atoms with van der Waals surface area (Å²) in [5.74, 6) is -1.17. The molecule has 3 rings (SSSR count). The summed E-state index contributed by atoms with van der Waals surface area (Å²) in [6.45, 7) is 0.248. The van der Waals surface area contributed by atoms with Gasteiger partial charge in [-0.1, -0.05) is 6.07 Å². The molecule has 3 aromatic rings. The van der Waals surface area contributed by atoms with Crippen molar-refractivity contribution in [3.63, 3.8) is 0 Å². The Bertz CT molecular complexity index is 793. The topological polar surface area (TPSA) is 74.0 Å². The van der Waals surface area contributed by atoms with E-state index in [0.29, 0.717) is 11.2 Å². The summed E-state index contributed by atoms with van der Waals surface area (Å²) < 4.78 is 19.7. The van der Waals surface area contributed by atoms with E-state index in [2.05, 4.69) is 4.98 Å². The molecule has 0 unspecified atom stereocenters. The molecule has 2 heterocycles. The van der Waals surface area contributed by atoms with Crippen LogP contribution < -0.4 is 11.5 Å². The largest absolute Gasteiger partial charge is 0.420 e. The van der Waals surface area contributed by atoms with Gasteiger partial charge in [-0.15, -0.1) is 0 Å². The van der Waals surface area contributed by atoms with Gasteiger partial charge in [0.15, 0.2) is 5.58 Å². The molecular formula is C13H10FN3O2. The lowest BCUT2D eigenvalue weighted by Crippen LogP contribution is -2.15. The molecule has 6 heteroatoms. The predicted molar refractivity (Wildman–Crippen MR) is 68.2 cm³/mol. The van der Waals surface area contributed by atoms with Crippen molar-refractivity contribution in [2.75, 3.05) is 5.73 Å². The van der Waals surface area contributed by atoms with Crippen LogP contribution in [0, 0.1) is 5.82 Å². The second-order valence-electron chi connectivity index (χ2n) is 4.12. The van der Waals surface area contributed by atoms with Crippen LogP contribution in [-0.4, -0.2) is 9.55 Å². The molecule has 0 saturated heterocycles. The van der Waals surface area contributed by atoms with Crippen molar-refractivity contribution in [3.8, 4) is 0 Å². The third-order valence-corrected chi connectivity index (χ3v) is 2.83. The van der Waals surface area contributed by atoms with Gasteiger partial charge in [-0.3, -0.25) is 9.55 Å². The molecule has 0 radical (unpaired) electrons. The number of nitrogen functional groups attached to an aromatic ring is 1. The molecule has 0 aliphatic heterocycles. The average molecular weight is 259 g/mol. The smallest absolute Gasteiger partial charge is 0.408 e. The van der Waals surface area contributed by atoms with Gasteiger partial charge in [0.25, 0.3) is 0 Å². The number of nitrogens with zero attached hydrogens (tertiary/aromatic N) is 2. The van der Waals surface area contributed by atoms with E-state index >= 15 is 0 Å². The van der Waals surface area contributed by atoms with Crippen LogP contribution in [0.3, 0.4) is 0 Å². The highest BCUT2D eigenvalue weighted by Gasteiger charge is 2.12. The first-order valence-corrected chi connectivity index (χ1v) is 5.63. The predicted octanol–water partition coefficient (Wildman–Crippen LogP) is 1.76. The fourth-order valence-corrected chi connectivity index (χ4v) is 1.90. The van der Waals surface area contributed by atoms with Crippen LogP contribution >= 0.6 is 0 Å². The van der Waals surface area contributed by atoms with E-state index in [-0.39, 0.29) is 17.8 Å². The maximum absolute atomic E-state index is 13.3. The van der Waals surface area contributed by atoms with Crippen LogP contribution in [0.25, 0.3) is 11.1 Å². The monoisotopic (exact) mass is 259 g/mol. The van der Waals surface area contributed by atoms with E-state index in [9.17, 15) is 9.18 Å². The van der Waals surface area contributed by atoms with Gasteiger partial charge >= 0.3 is 5.76 Å². The highest BCUT2D eigenvalue weighted by atomic mass is 19.1. The molecule has 0 atom stereocenters. The van der Waals surface area contributed by atoms with Crippen LogP contribution in [0.5, 0.6) is 0 Å². The molecule has 0 amide bonds. The average Bonchev–Trinajstić information content (AvgIpc) is 2.68. The number of anilines is 1. The standard InChI is InChI=1S/C13H10FN3O2/c14-9-5-12-11(6-10(9)15)17(13(18)19-12)7-8-3-1-2-4-16-8/h1-6H,7,15H2. The maximum Gasteiger partial charge on any atom is 0.420 e. The van der Waals surface area contributed by atoms with Gasteiger partial charge in [0.2, 0.25) is 0 Å². The molecule has 0 aliphatic carbocycles. The molecule has 2 aromatic heterocycles. The van der Waals surface area contributed by atoms with Gasteiger partial charge in [0.05, 0.1) is 23.4 Å². The van der Waals surface area contributed by atoms with Crippen molar-refractivity contribution < 1.29 is 8.81 Å². The quantitative estimate of drug-likeness (QED) is 0.711. The van der Waals surface area contributed by atoms with Crippen molar-refractivity contribution in [1.82, 2.24) is 9.55 Å². The van der Waals surface area contributed by atoms with Crippen LogP contribution in [0.2, 0.25) is 0 Å². The molecule has 96 valence electrons. The number of nitrogens with two attached hydrogens (primary N) is 1. The zero-order valence-electron chi connectivity index (χ0n) is 9.84. The number of aromatic nitrogens is 2. The van der Waals surface area contributed by atoms with Crippen LogP contribution in [0.4, 0.5) is 10.1 Å². The molecule has 1 aromatic carbocycles. The third-order valence-electron chi connectivity index (χ3n) is 2.83. The number of benzene rings is 1. The number of pyridine rings is 1. The number of fused-ring (bicyclic) bond motifs is 1. The minimum absolute atomic E-state index is 0.0249. The fraction of sp³-hybridized carbons (Fsp3) is 0.0769. The Hall–Kier alpha value is -2.63. The summed E-state index contributed by atoms with van der Waals surface area (Å²) in [5, 5.41) is 0. The molecule has 19 heavy (non-hydrogen) atoms. The molecular weight excluding hydrogens is 249 g/mol. The number of oxazole rings is 1. The SMILES string of the molecule is Nc1cc2c(cc1F)oc(=O)n2Cc1ccccn1. The summed E-state index contributed by atoms with van der Waals surface area (Å²) in [6, 6.07) is 7.90. The van der Waals surface area contributed by atoms with Gasteiger partial charge in [-0.25, -0.2) is 9.18 Å². The second kappa shape index (κ2) is 4.24. The molecule has 0 spiro atoms. The van der Waals surface area contributed by atoms with E-state index < -0.39 is 11.6 Å². The van der Waals surface area contributed by atoms with Crippen molar-refractivity contribution in [1.29, 1.82) is 0 Å². The molecule has 5 nitrogen and oxygen atoms in total. The van der Waals surface area contributed by atoms with Crippen molar-refractivity contribution in [3.05, 3.63) is 58.6 Å². The summed E-state index contributed by atoms with van der Waals surface area (Å²) in [4.78, 5) is 15.9. The van der Waals surface area contributed by atoms with Crippen molar-refractivity contribution in [2.24, 2.45) is 0 Å². The highest BCUT2D eigenvalue weighted by Crippen LogP contribution is 2.20. The van der Waals surface area contributed by atoms with Gasteiger partial charge in [0.1, 0.15) is 5.82 Å². The summed E-state index contributed by atoms with van der Waals surface area (Å²) in [5.41, 5.74) is 6.82. The van der Waals surface area contributed by atoms with Gasteiger partial charge in [-0.2, -0.15) is 0 Å². The first-order valence-electron chi connectivity index (χ1n) is 5.63. The molecule has 2 N–H and O–H groups in total. The van der Waals surface area contributed by atoms with Crippen LogP contribution in [0.1, 0.15) is 5.69 Å². The first-order chi connectivity index (χ1) is 9.15. The number of hydrogen-bond acceptors (Lipinski definition) is 4. The zero-order chi connectivity index (χ0) is 13.4. The Morgan fingerprint density at radius 1 is 1.37 bits per heavy atom. The molecule has 0 bridgehead atoms. The van der Waals surface area contributed by atoms with Gasteiger partial charge in [-0.05, 0) is 18.2 Å². The van der Waals surface area contributed by atoms with Crippen molar-refractivity contribution in [2.45, 2.75) is 6.54 Å². The Labute approximate surface area is 107 Å². The van der Waals surface area contributed by atoms with Gasteiger partial charge in [0, 0.05) is 12.3 Å². The zero-order valence-corrected chi connectivity index (χ0v) is 9.84. The van der Waals surface area contributed by atoms with E-state index in [0.717, 1.165) is 6.07 Å². The third kappa shape index (κ3) is 1.97. The maximum atomic E-state index is 13.3. The minimum atomic E-state index is -0.605. The number of rotatable bonds is 2.